The predicted octanol–water partition coefficient (Wildman–Crippen LogP) is 4.13. The van der Waals surface area contributed by atoms with Gasteiger partial charge in [-0.25, -0.2) is 9.59 Å². The number of rotatable bonds is 7. The molecule has 29 heavy (non-hydrogen) atoms. The van der Waals surface area contributed by atoms with E-state index in [-0.39, 0.29) is 6.54 Å². The lowest BCUT2D eigenvalue weighted by atomic mass is 10.1. The van der Waals surface area contributed by atoms with E-state index in [9.17, 15) is 9.59 Å². The summed E-state index contributed by atoms with van der Waals surface area (Å²) in [5.74, 6) is 0.340. The maximum absolute atomic E-state index is 12.1. The second-order valence-electron chi connectivity index (χ2n) is 7.26. The van der Waals surface area contributed by atoms with Crippen molar-refractivity contribution in [3.8, 4) is 11.5 Å². The minimum absolute atomic E-state index is 0.181. The number of ether oxygens (including phenoxy) is 4. The van der Waals surface area contributed by atoms with Crippen LogP contribution in [-0.2, 0) is 9.47 Å². The fourth-order valence-electron chi connectivity index (χ4n) is 2.55. The molecule has 0 fully saturated rings. The normalized spacial score (nSPS) is 11.9. The first-order chi connectivity index (χ1) is 13.7. The van der Waals surface area contributed by atoms with Gasteiger partial charge < -0.3 is 24.3 Å². The van der Waals surface area contributed by atoms with E-state index < -0.39 is 23.8 Å². The van der Waals surface area contributed by atoms with Gasteiger partial charge in [-0.05, 0) is 44.5 Å². The third-order valence-electron chi connectivity index (χ3n) is 3.86. The maximum atomic E-state index is 12.1. The number of amides is 1. The molecule has 2 rings (SSSR count). The monoisotopic (exact) mass is 401 g/mol. The summed E-state index contributed by atoms with van der Waals surface area (Å²) in [6.45, 7) is 5.57. The standard InChI is InChI=1S/C22H27NO6/c1-22(2,3)29-21(25)23-14-19(15-9-7-6-8-10-15)28-17-12-11-16(20(24)27-5)13-18(17)26-4/h6-13,19H,14H2,1-5H3,(H,23,25). The Labute approximate surface area is 170 Å². The van der Waals surface area contributed by atoms with Crippen molar-refractivity contribution in [2.45, 2.75) is 32.5 Å². The van der Waals surface area contributed by atoms with Crippen molar-refractivity contribution in [3.05, 3.63) is 59.7 Å². The van der Waals surface area contributed by atoms with Crippen LogP contribution in [0, 0.1) is 0 Å². The van der Waals surface area contributed by atoms with Gasteiger partial charge in [-0.2, -0.15) is 0 Å². The molecule has 2 aromatic rings. The minimum Gasteiger partial charge on any atom is -0.493 e. The third kappa shape index (κ3) is 6.71. The van der Waals surface area contributed by atoms with Gasteiger partial charge in [0.2, 0.25) is 0 Å². The van der Waals surface area contributed by atoms with Gasteiger partial charge in [0.25, 0.3) is 0 Å². The number of hydrogen-bond donors (Lipinski definition) is 1. The first-order valence-corrected chi connectivity index (χ1v) is 9.18. The fraction of sp³-hybridized carbons (Fsp3) is 0.364. The highest BCUT2D eigenvalue weighted by Crippen LogP contribution is 2.32. The molecule has 0 aliphatic carbocycles. The molecule has 156 valence electrons. The van der Waals surface area contributed by atoms with Crippen molar-refractivity contribution in [1.82, 2.24) is 5.32 Å². The smallest absolute Gasteiger partial charge is 0.407 e. The maximum Gasteiger partial charge on any atom is 0.407 e. The molecule has 1 unspecified atom stereocenters. The zero-order chi connectivity index (χ0) is 21.4. The average Bonchev–Trinajstić information content (AvgIpc) is 2.69. The van der Waals surface area contributed by atoms with Crippen molar-refractivity contribution in [1.29, 1.82) is 0 Å². The summed E-state index contributed by atoms with van der Waals surface area (Å²) < 4.78 is 21.5. The number of nitrogens with one attached hydrogen (secondary N) is 1. The summed E-state index contributed by atoms with van der Waals surface area (Å²) in [4.78, 5) is 23.8. The van der Waals surface area contributed by atoms with Crippen LogP contribution in [-0.4, -0.2) is 38.4 Å². The topological polar surface area (TPSA) is 83.1 Å². The van der Waals surface area contributed by atoms with E-state index in [1.54, 1.807) is 39.0 Å². The molecule has 1 N–H and O–H groups in total. The summed E-state index contributed by atoms with van der Waals surface area (Å²) in [5, 5.41) is 2.73. The second kappa shape index (κ2) is 9.82. The van der Waals surface area contributed by atoms with E-state index in [0.29, 0.717) is 17.1 Å². The molecule has 0 saturated heterocycles. The average molecular weight is 401 g/mol. The van der Waals surface area contributed by atoms with E-state index >= 15 is 0 Å². The molecule has 0 aliphatic heterocycles. The lowest BCUT2D eigenvalue weighted by Gasteiger charge is -2.24. The van der Waals surface area contributed by atoms with E-state index in [2.05, 4.69) is 5.32 Å². The Morgan fingerprint density at radius 1 is 1.00 bits per heavy atom. The van der Waals surface area contributed by atoms with Crippen LogP contribution in [0.5, 0.6) is 11.5 Å². The van der Waals surface area contributed by atoms with Gasteiger partial charge >= 0.3 is 12.1 Å². The molecule has 0 bridgehead atoms. The lowest BCUT2D eigenvalue weighted by Crippen LogP contribution is -2.36. The summed E-state index contributed by atoms with van der Waals surface area (Å²) in [5.41, 5.74) is 0.614. The third-order valence-corrected chi connectivity index (χ3v) is 3.86. The van der Waals surface area contributed by atoms with Gasteiger partial charge in [0.15, 0.2) is 11.5 Å². The molecule has 0 aliphatic rings. The predicted molar refractivity (Wildman–Crippen MR) is 108 cm³/mol. The molecule has 0 heterocycles. The van der Waals surface area contributed by atoms with Crippen LogP contribution >= 0.6 is 0 Å². The van der Waals surface area contributed by atoms with Crippen LogP contribution in [0.2, 0.25) is 0 Å². The molecule has 7 heteroatoms. The molecule has 0 saturated carbocycles. The van der Waals surface area contributed by atoms with Crippen molar-refractivity contribution < 1.29 is 28.5 Å². The quantitative estimate of drug-likeness (QED) is 0.703. The largest absolute Gasteiger partial charge is 0.493 e. The molecule has 2 aromatic carbocycles. The van der Waals surface area contributed by atoms with E-state index in [1.807, 2.05) is 30.3 Å². The Morgan fingerprint density at radius 2 is 1.69 bits per heavy atom. The number of esters is 1. The number of carbonyl (C=O) groups is 2. The first kappa shape index (κ1) is 22.1. The molecule has 1 amide bonds. The highest BCUT2D eigenvalue weighted by atomic mass is 16.6. The summed E-state index contributed by atoms with van der Waals surface area (Å²) in [6.07, 6.45) is -1.03. The molecule has 1 atom stereocenters. The van der Waals surface area contributed by atoms with E-state index in [4.69, 9.17) is 18.9 Å². The van der Waals surface area contributed by atoms with Gasteiger partial charge in [0.05, 0.1) is 26.3 Å². The van der Waals surface area contributed by atoms with Gasteiger partial charge in [0, 0.05) is 0 Å². The molecule has 0 radical (unpaired) electrons. The Hall–Kier alpha value is -3.22. The summed E-state index contributed by atoms with van der Waals surface area (Å²) in [6, 6.07) is 14.2. The van der Waals surface area contributed by atoms with Crippen LogP contribution < -0.4 is 14.8 Å². The van der Waals surface area contributed by atoms with Crippen LogP contribution in [0.4, 0.5) is 4.79 Å². The number of methoxy groups -OCH3 is 2. The highest BCUT2D eigenvalue weighted by molar-refractivity contribution is 5.90. The van der Waals surface area contributed by atoms with Crippen LogP contribution in [0.1, 0.15) is 42.8 Å². The molecular weight excluding hydrogens is 374 g/mol. The number of benzene rings is 2. The molecular formula is C22H27NO6. The van der Waals surface area contributed by atoms with Crippen molar-refractivity contribution in [2.75, 3.05) is 20.8 Å². The molecule has 0 aromatic heterocycles. The fourth-order valence-corrected chi connectivity index (χ4v) is 2.55. The van der Waals surface area contributed by atoms with Gasteiger partial charge in [-0.15, -0.1) is 0 Å². The van der Waals surface area contributed by atoms with Crippen LogP contribution in [0.25, 0.3) is 0 Å². The van der Waals surface area contributed by atoms with Crippen LogP contribution in [0.3, 0.4) is 0 Å². The van der Waals surface area contributed by atoms with E-state index in [0.717, 1.165) is 5.56 Å². The molecule has 7 nitrogen and oxygen atoms in total. The Balaban J connectivity index is 2.22. The van der Waals surface area contributed by atoms with E-state index in [1.165, 1.54) is 14.2 Å². The van der Waals surface area contributed by atoms with Crippen molar-refractivity contribution >= 4 is 12.1 Å². The minimum atomic E-state index is -0.597. The van der Waals surface area contributed by atoms with Crippen molar-refractivity contribution in [3.63, 3.8) is 0 Å². The second-order valence-corrected chi connectivity index (χ2v) is 7.26. The summed E-state index contributed by atoms with van der Waals surface area (Å²) in [7, 11) is 2.80. The Bertz CT molecular complexity index is 829. The number of carbonyl (C=O) groups excluding carboxylic acids is 2. The zero-order valence-electron chi connectivity index (χ0n) is 17.4. The Morgan fingerprint density at radius 3 is 2.28 bits per heavy atom. The SMILES string of the molecule is COC(=O)c1ccc(OC(CNC(=O)OC(C)(C)C)c2ccccc2)c(OC)c1. The van der Waals surface area contributed by atoms with Gasteiger partial charge in [-0.3, -0.25) is 0 Å². The Kier molecular flexibility index (Phi) is 7.47. The number of alkyl carbamates (subject to hydrolysis) is 1. The lowest BCUT2D eigenvalue weighted by molar-refractivity contribution is 0.0498. The van der Waals surface area contributed by atoms with Crippen molar-refractivity contribution in [2.24, 2.45) is 0 Å². The van der Waals surface area contributed by atoms with Gasteiger partial charge in [-0.1, -0.05) is 30.3 Å². The summed E-state index contributed by atoms with van der Waals surface area (Å²) >= 11 is 0. The highest BCUT2D eigenvalue weighted by Gasteiger charge is 2.21. The zero-order valence-corrected chi connectivity index (χ0v) is 17.4. The van der Waals surface area contributed by atoms with Crippen LogP contribution in [0.15, 0.2) is 48.5 Å². The van der Waals surface area contributed by atoms with Gasteiger partial charge in [0.1, 0.15) is 11.7 Å². The number of hydrogen-bond acceptors (Lipinski definition) is 6. The molecule has 0 spiro atoms. The first-order valence-electron chi connectivity index (χ1n) is 9.18.